The quantitative estimate of drug-likeness (QED) is 0.0222. The second-order valence-electron chi connectivity index (χ2n) is 27.3. The fourth-order valence-corrected chi connectivity index (χ4v) is 12.7. The molecule has 0 aromatic rings. The van der Waals surface area contributed by atoms with Crippen LogP contribution in [0, 0.1) is 11.8 Å². The Balaban J connectivity index is 5.18. The van der Waals surface area contributed by atoms with E-state index in [0.717, 1.165) is 115 Å². The zero-order valence-corrected chi connectivity index (χ0v) is 61.6. The van der Waals surface area contributed by atoms with Gasteiger partial charge in [0, 0.05) is 25.7 Å². The molecule has 19 heteroatoms. The van der Waals surface area contributed by atoms with E-state index in [0.29, 0.717) is 25.7 Å². The predicted octanol–water partition coefficient (Wildman–Crippen LogP) is 21.2. The Hall–Kier alpha value is -1.94. The van der Waals surface area contributed by atoms with E-state index in [4.69, 9.17) is 37.0 Å². The third kappa shape index (κ3) is 66.7. The van der Waals surface area contributed by atoms with Crippen LogP contribution in [0.3, 0.4) is 0 Å². The molecule has 5 atom stereocenters. The number of hydrogen-bond donors (Lipinski definition) is 3. The molecule has 2 unspecified atom stereocenters. The summed E-state index contributed by atoms with van der Waals surface area (Å²) in [6.07, 6.45) is 51.5. The zero-order valence-electron chi connectivity index (χ0n) is 59.9. The van der Waals surface area contributed by atoms with Crippen molar-refractivity contribution in [2.45, 2.75) is 394 Å². The molecular weight excluding hydrogens is 1210 g/mol. The van der Waals surface area contributed by atoms with Crippen molar-refractivity contribution in [3.63, 3.8) is 0 Å². The third-order valence-corrected chi connectivity index (χ3v) is 18.9. The summed E-state index contributed by atoms with van der Waals surface area (Å²) in [4.78, 5) is 72.5. The summed E-state index contributed by atoms with van der Waals surface area (Å²) in [5.74, 6) is -0.597. The largest absolute Gasteiger partial charge is 0.472 e. The molecule has 0 aliphatic rings. The van der Waals surface area contributed by atoms with Gasteiger partial charge in [0.15, 0.2) is 12.2 Å². The van der Waals surface area contributed by atoms with Crippen LogP contribution in [0.2, 0.25) is 0 Å². The van der Waals surface area contributed by atoms with Gasteiger partial charge < -0.3 is 33.8 Å². The highest BCUT2D eigenvalue weighted by Crippen LogP contribution is 2.45. The number of carbonyl (C=O) groups excluding carboxylic acids is 4. The molecule has 0 aliphatic carbocycles. The minimum absolute atomic E-state index is 0.104. The maximum absolute atomic E-state index is 13.1. The number of aliphatic hydroxyl groups excluding tert-OH is 1. The van der Waals surface area contributed by atoms with Crippen LogP contribution in [0.5, 0.6) is 0 Å². The van der Waals surface area contributed by atoms with Gasteiger partial charge in [-0.25, -0.2) is 9.13 Å². The van der Waals surface area contributed by atoms with Crippen LogP contribution >= 0.6 is 15.6 Å². The van der Waals surface area contributed by atoms with E-state index in [-0.39, 0.29) is 25.7 Å². The summed E-state index contributed by atoms with van der Waals surface area (Å²) >= 11 is 0. The Morgan fingerprint density at radius 3 is 0.739 bits per heavy atom. The average Bonchev–Trinajstić information content (AvgIpc) is 1.81. The first kappa shape index (κ1) is 90.1. The third-order valence-electron chi connectivity index (χ3n) is 17.0. The Morgan fingerprint density at radius 1 is 0.293 bits per heavy atom. The molecule has 3 N–H and O–H groups in total. The van der Waals surface area contributed by atoms with E-state index in [1.165, 1.54) is 180 Å². The number of esters is 4. The van der Waals surface area contributed by atoms with Gasteiger partial charge in [0.1, 0.15) is 19.3 Å². The second kappa shape index (κ2) is 65.0. The number of carbonyl (C=O) groups is 4. The monoisotopic (exact) mass is 1350 g/mol. The lowest BCUT2D eigenvalue weighted by Crippen LogP contribution is -2.30. The summed E-state index contributed by atoms with van der Waals surface area (Å²) in [6.45, 7) is 9.52. The van der Waals surface area contributed by atoms with E-state index < -0.39 is 97.5 Å². The summed E-state index contributed by atoms with van der Waals surface area (Å²) < 4.78 is 68.3. The maximum atomic E-state index is 13.1. The SMILES string of the molecule is CCCCCCCCCCCCCCCCCC(=O)OC[C@H](COP(=O)(O)OC[C@@H](O)COP(=O)(O)OC[C@@H](COC(=O)CCCCCCCCC)OC(=O)CCCCCCCCCCC(C)C)OC(=O)CCCCCCCCCCCCCCCCCCC(C)C. The van der Waals surface area contributed by atoms with Crippen LogP contribution in [0.4, 0.5) is 0 Å². The molecule has 0 rings (SSSR count). The van der Waals surface area contributed by atoms with Crippen molar-refractivity contribution in [3.05, 3.63) is 0 Å². The number of rotatable bonds is 72. The predicted molar refractivity (Wildman–Crippen MR) is 372 cm³/mol. The van der Waals surface area contributed by atoms with Gasteiger partial charge in [-0.1, -0.05) is 324 Å². The molecule has 17 nitrogen and oxygen atoms in total. The van der Waals surface area contributed by atoms with E-state index in [2.05, 4.69) is 41.5 Å². The van der Waals surface area contributed by atoms with Crippen molar-refractivity contribution in [1.29, 1.82) is 0 Å². The molecule has 92 heavy (non-hydrogen) atoms. The van der Waals surface area contributed by atoms with Crippen molar-refractivity contribution in [2.75, 3.05) is 39.6 Å². The van der Waals surface area contributed by atoms with Crippen molar-refractivity contribution in [1.82, 2.24) is 0 Å². The van der Waals surface area contributed by atoms with Crippen molar-refractivity contribution in [2.24, 2.45) is 11.8 Å². The molecule has 0 spiro atoms. The molecule has 0 aliphatic heterocycles. The lowest BCUT2D eigenvalue weighted by atomic mass is 10.0. The van der Waals surface area contributed by atoms with Crippen molar-refractivity contribution >= 4 is 39.5 Å². The molecular formula is C73H142O17P2. The summed E-state index contributed by atoms with van der Waals surface area (Å²) in [7, 11) is -9.90. The standard InChI is InChI=1S/C73H142O17P2/c1-7-9-11-13-15-16-17-18-21-25-28-31-38-44-50-56-71(76)84-62-69(89-72(77)57-51-45-39-32-29-26-23-20-19-22-24-27-30-36-41-47-53-65(3)4)64-88-92(81,82)86-60-67(74)59-85-91(79,80)87-63-68(61-83-70(75)55-49-43-35-14-12-10-8-2)90-73(78)58-52-46-40-34-33-37-42-48-54-66(5)6/h65-69,74H,7-64H2,1-6H3,(H,79,80)(H,81,82)/t67-,68+,69+/m0/s1. The number of ether oxygens (including phenoxy) is 4. The van der Waals surface area contributed by atoms with E-state index in [1.807, 2.05) is 0 Å². The molecule has 0 aromatic carbocycles. The Kier molecular flexibility index (Phi) is 63.7. The molecule has 0 saturated carbocycles. The second-order valence-corrected chi connectivity index (χ2v) is 30.2. The van der Waals surface area contributed by atoms with Crippen LogP contribution in [-0.2, 0) is 65.4 Å². The Bertz CT molecular complexity index is 1790. The number of unbranched alkanes of at least 4 members (excludes halogenated alkanes) is 42. The highest BCUT2D eigenvalue weighted by molar-refractivity contribution is 7.47. The van der Waals surface area contributed by atoms with Crippen LogP contribution in [0.15, 0.2) is 0 Å². The highest BCUT2D eigenvalue weighted by atomic mass is 31.2. The normalized spacial score (nSPS) is 14.1. The van der Waals surface area contributed by atoms with Gasteiger partial charge in [0.25, 0.3) is 0 Å². The molecule has 0 amide bonds. The first-order chi connectivity index (χ1) is 44.4. The minimum atomic E-state index is -4.95. The van der Waals surface area contributed by atoms with Gasteiger partial charge >= 0.3 is 39.5 Å². The molecule has 0 heterocycles. The first-order valence-electron chi connectivity index (χ1n) is 38.0. The van der Waals surface area contributed by atoms with Crippen molar-refractivity contribution < 1.29 is 80.2 Å². The lowest BCUT2D eigenvalue weighted by Gasteiger charge is -2.21. The van der Waals surface area contributed by atoms with Crippen LogP contribution in [0.1, 0.15) is 375 Å². The van der Waals surface area contributed by atoms with E-state index in [9.17, 15) is 43.2 Å². The highest BCUT2D eigenvalue weighted by Gasteiger charge is 2.30. The number of phosphoric ester groups is 2. The Labute approximate surface area is 562 Å². The fraction of sp³-hybridized carbons (Fsp3) is 0.945. The van der Waals surface area contributed by atoms with Gasteiger partial charge in [0.2, 0.25) is 0 Å². The van der Waals surface area contributed by atoms with Gasteiger partial charge in [-0.2, -0.15) is 0 Å². The summed E-state index contributed by atoms with van der Waals surface area (Å²) in [6, 6.07) is 0. The zero-order chi connectivity index (χ0) is 67.9. The number of hydrogen-bond acceptors (Lipinski definition) is 15. The van der Waals surface area contributed by atoms with Gasteiger partial charge in [-0.15, -0.1) is 0 Å². The summed E-state index contributed by atoms with van der Waals surface area (Å²) in [5.41, 5.74) is 0. The number of aliphatic hydroxyl groups is 1. The van der Waals surface area contributed by atoms with Gasteiger partial charge in [0.05, 0.1) is 26.4 Å². The summed E-state index contributed by atoms with van der Waals surface area (Å²) in [5, 5.41) is 10.6. The fourth-order valence-electron chi connectivity index (χ4n) is 11.1. The molecule has 0 saturated heterocycles. The topological polar surface area (TPSA) is 237 Å². The molecule has 0 fully saturated rings. The van der Waals surface area contributed by atoms with Crippen LogP contribution in [-0.4, -0.2) is 96.7 Å². The van der Waals surface area contributed by atoms with Crippen LogP contribution < -0.4 is 0 Å². The minimum Gasteiger partial charge on any atom is -0.462 e. The molecule has 546 valence electrons. The molecule has 0 bridgehead atoms. The van der Waals surface area contributed by atoms with Crippen LogP contribution in [0.25, 0.3) is 0 Å². The molecule has 0 radical (unpaired) electrons. The van der Waals surface area contributed by atoms with Gasteiger partial charge in [-0.05, 0) is 37.5 Å². The van der Waals surface area contributed by atoms with Crippen molar-refractivity contribution in [3.8, 4) is 0 Å². The molecule has 0 aromatic heterocycles. The lowest BCUT2D eigenvalue weighted by molar-refractivity contribution is -0.161. The average molecular weight is 1350 g/mol. The van der Waals surface area contributed by atoms with E-state index >= 15 is 0 Å². The van der Waals surface area contributed by atoms with Gasteiger partial charge in [-0.3, -0.25) is 37.3 Å². The smallest absolute Gasteiger partial charge is 0.462 e. The first-order valence-corrected chi connectivity index (χ1v) is 41.0. The maximum Gasteiger partial charge on any atom is 0.472 e. The number of phosphoric acid groups is 2. The van der Waals surface area contributed by atoms with E-state index in [1.54, 1.807) is 0 Å². The Morgan fingerprint density at radius 2 is 0.500 bits per heavy atom.